The fourth-order valence-electron chi connectivity index (χ4n) is 2.82. The minimum Gasteiger partial charge on any atom is -0.313 e. The molecule has 0 amide bonds. The Hall–Kier alpha value is 0.110. The molecule has 1 aliphatic carbocycles. The first-order valence-corrected chi connectivity index (χ1v) is 8.42. The Balaban J connectivity index is 2.16. The molecule has 2 rings (SSSR count). The van der Waals surface area contributed by atoms with Gasteiger partial charge >= 0.3 is 0 Å². The molecule has 1 saturated carbocycles. The lowest BCUT2D eigenvalue weighted by atomic mass is 9.87. The topological polar surface area (TPSA) is 12.0 Å². The molecule has 1 fully saturated rings. The molecule has 4 heteroatoms. The van der Waals surface area contributed by atoms with E-state index in [-0.39, 0.29) is 0 Å². The van der Waals surface area contributed by atoms with Gasteiger partial charge in [-0.15, -0.1) is 11.8 Å². The summed E-state index contributed by atoms with van der Waals surface area (Å²) in [6.07, 6.45) is 2.47. The van der Waals surface area contributed by atoms with E-state index in [1.807, 2.05) is 30.0 Å². The highest BCUT2D eigenvalue weighted by atomic mass is 35.5. The summed E-state index contributed by atoms with van der Waals surface area (Å²) in [7, 11) is 0. The van der Waals surface area contributed by atoms with Gasteiger partial charge in [-0.3, -0.25) is 0 Å². The maximum absolute atomic E-state index is 6.27. The molecular formula is C15H21Cl2NS. The lowest BCUT2D eigenvalue weighted by Gasteiger charge is -2.31. The van der Waals surface area contributed by atoms with Gasteiger partial charge in [0.1, 0.15) is 0 Å². The number of nitrogens with one attached hydrogen (secondary N) is 1. The van der Waals surface area contributed by atoms with E-state index in [0.717, 1.165) is 21.5 Å². The van der Waals surface area contributed by atoms with E-state index in [1.165, 1.54) is 12.8 Å². The highest BCUT2D eigenvalue weighted by Crippen LogP contribution is 2.46. The van der Waals surface area contributed by atoms with Gasteiger partial charge in [-0.1, -0.05) is 44.0 Å². The molecule has 0 aromatic heterocycles. The predicted octanol–water partition coefficient (Wildman–Crippen LogP) is 5.25. The summed E-state index contributed by atoms with van der Waals surface area (Å²) in [4.78, 5) is 1.10. The highest BCUT2D eigenvalue weighted by Gasteiger charge is 2.41. The zero-order valence-corrected chi connectivity index (χ0v) is 14.0. The van der Waals surface area contributed by atoms with Crippen molar-refractivity contribution >= 4 is 35.0 Å². The second-order valence-corrected chi connectivity index (χ2v) is 7.92. The molecule has 19 heavy (non-hydrogen) atoms. The molecule has 0 bridgehead atoms. The van der Waals surface area contributed by atoms with E-state index in [0.29, 0.717) is 16.7 Å². The average molecular weight is 318 g/mol. The number of thioether (sulfide) groups is 1. The Kier molecular flexibility index (Phi) is 5.10. The van der Waals surface area contributed by atoms with Crippen molar-refractivity contribution in [2.75, 3.05) is 6.54 Å². The highest BCUT2D eigenvalue weighted by molar-refractivity contribution is 8.00. The van der Waals surface area contributed by atoms with Crippen LogP contribution in [-0.2, 0) is 0 Å². The lowest BCUT2D eigenvalue weighted by Crippen LogP contribution is -2.43. The van der Waals surface area contributed by atoms with Crippen molar-refractivity contribution in [3.05, 3.63) is 28.2 Å². The van der Waals surface area contributed by atoms with E-state index in [1.54, 1.807) is 0 Å². The fourth-order valence-corrected chi connectivity index (χ4v) is 4.85. The van der Waals surface area contributed by atoms with Crippen LogP contribution in [0.4, 0.5) is 0 Å². The monoisotopic (exact) mass is 317 g/mol. The molecule has 2 unspecified atom stereocenters. The van der Waals surface area contributed by atoms with Gasteiger partial charge in [-0.2, -0.15) is 0 Å². The Morgan fingerprint density at radius 2 is 2.11 bits per heavy atom. The van der Waals surface area contributed by atoms with Crippen molar-refractivity contribution in [3.63, 3.8) is 0 Å². The van der Waals surface area contributed by atoms with Gasteiger partial charge in [0.15, 0.2) is 0 Å². The van der Waals surface area contributed by atoms with Crippen LogP contribution in [-0.4, -0.2) is 17.8 Å². The number of benzene rings is 1. The van der Waals surface area contributed by atoms with Crippen LogP contribution in [0.1, 0.15) is 33.6 Å². The van der Waals surface area contributed by atoms with Gasteiger partial charge in [0.25, 0.3) is 0 Å². The molecule has 1 nitrogen and oxygen atoms in total. The molecule has 106 valence electrons. The largest absolute Gasteiger partial charge is 0.313 e. The van der Waals surface area contributed by atoms with Crippen molar-refractivity contribution in [2.45, 2.75) is 49.8 Å². The van der Waals surface area contributed by atoms with Gasteiger partial charge in [-0.25, -0.2) is 0 Å². The quantitative estimate of drug-likeness (QED) is 0.813. The van der Waals surface area contributed by atoms with Crippen LogP contribution in [0.5, 0.6) is 0 Å². The first kappa shape index (κ1) is 15.5. The molecule has 0 spiro atoms. The zero-order valence-electron chi connectivity index (χ0n) is 11.7. The molecule has 1 aromatic rings. The average Bonchev–Trinajstić information content (AvgIpc) is 2.62. The van der Waals surface area contributed by atoms with E-state index in [2.05, 4.69) is 26.1 Å². The van der Waals surface area contributed by atoms with Crippen LogP contribution in [0.2, 0.25) is 10.0 Å². The number of rotatable bonds is 4. The van der Waals surface area contributed by atoms with E-state index < -0.39 is 0 Å². The fraction of sp³-hybridized carbons (Fsp3) is 0.600. The number of halogens is 2. The van der Waals surface area contributed by atoms with Crippen LogP contribution >= 0.6 is 35.0 Å². The zero-order chi connectivity index (χ0) is 14.0. The van der Waals surface area contributed by atoms with Gasteiger partial charge in [0, 0.05) is 21.2 Å². The van der Waals surface area contributed by atoms with E-state index in [4.69, 9.17) is 23.2 Å². The number of hydrogen-bond acceptors (Lipinski definition) is 2. The lowest BCUT2D eigenvalue weighted by molar-refractivity contribution is 0.290. The SMILES string of the molecule is CCNC1C(Sc2cc(Cl)ccc2Cl)CCC1(C)C. The van der Waals surface area contributed by atoms with Crippen LogP contribution in [0, 0.1) is 5.41 Å². The molecular weight excluding hydrogens is 297 g/mol. The minimum atomic E-state index is 0.346. The Morgan fingerprint density at radius 1 is 1.37 bits per heavy atom. The van der Waals surface area contributed by atoms with Crippen molar-refractivity contribution in [2.24, 2.45) is 5.41 Å². The second-order valence-electron chi connectivity index (χ2n) is 5.79. The summed E-state index contributed by atoms with van der Waals surface area (Å²) in [5, 5.41) is 5.76. The van der Waals surface area contributed by atoms with Crippen molar-refractivity contribution in [1.82, 2.24) is 5.32 Å². The van der Waals surface area contributed by atoms with Gasteiger partial charge in [0.05, 0.1) is 5.02 Å². The number of hydrogen-bond donors (Lipinski definition) is 1. The van der Waals surface area contributed by atoms with Crippen molar-refractivity contribution in [1.29, 1.82) is 0 Å². The Labute approximate surface area is 130 Å². The molecule has 1 N–H and O–H groups in total. The molecule has 1 aromatic carbocycles. The van der Waals surface area contributed by atoms with Crippen molar-refractivity contribution in [3.8, 4) is 0 Å². The van der Waals surface area contributed by atoms with Crippen LogP contribution in [0.15, 0.2) is 23.1 Å². The third kappa shape index (κ3) is 3.60. The maximum atomic E-state index is 6.27. The second kappa shape index (κ2) is 6.26. The summed E-state index contributed by atoms with van der Waals surface area (Å²) in [6.45, 7) is 7.87. The molecule has 0 heterocycles. The molecule has 1 aliphatic rings. The standard InChI is InChI=1S/C15H21Cl2NS/c1-4-18-14-12(7-8-15(14,2)3)19-13-9-10(16)5-6-11(13)17/h5-6,9,12,14,18H,4,7-8H2,1-3H3. The molecule has 0 saturated heterocycles. The third-order valence-corrected chi connectivity index (χ3v) is 5.96. The summed E-state index contributed by atoms with van der Waals surface area (Å²) in [5.74, 6) is 0. The summed E-state index contributed by atoms with van der Waals surface area (Å²) >= 11 is 14.2. The summed E-state index contributed by atoms with van der Waals surface area (Å²) in [6, 6.07) is 6.23. The smallest absolute Gasteiger partial charge is 0.0543 e. The molecule has 2 atom stereocenters. The minimum absolute atomic E-state index is 0.346. The van der Waals surface area contributed by atoms with Crippen molar-refractivity contribution < 1.29 is 0 Å². The normalized spacial score (nSPS) is 25.7. The first-order valence-electron chi connectivity index (χ1n) is 6.79. The maximum Gasteiger partial charge on any atom is 0.0543 e. The third-order valence-electron chi connectivity index (χ3n) is 3.88. The molecule has 0 aliphatic heterocycles. The van der Waals surface area contributed by atoms with Crippen LogP contribution in [0.3, 0.4) is 0 Å². The summed E-state index contributed by atoms with van der Waals surface area (Å²) in [5.41, 5.74) is 0.346. The van der Waals surface area contributed by atoms with E-state index >= 15 is 0 Å². The van der Waals surface area contributed by atoms with E-state index in [9.17, 15) is 0 Å². The van der Waals surface area contributed by atoms with Gasteiger partial charge in [0.2, 0.25) is 0 Å². The van der Waals surface area contributed by atoms with Crippen LogP contribution < -0.4 is 5.32 Å². The van der Waals surface area contributed by atoms with Crippen LogP contribution in [0.25, 0.3) is 0 Å². The van der Waals surface area contributed by atoms with Gasteiger partial charge < -0.3 is 5.32 Å². The predicted molar refractivity (Wildman–Crippen MR) is 86.6 cm³/mol. The van der Waals surface area contributed by atoms with Gasteiger partial charge in [-0.05, 0) is 43.0 Å². The Morgan fingerprint density at radius 3 is 2.79 bits per heavy atom. The summed E-state index contributed by atoms with van der Waals surface area (Å²) < 4.78 is 0. The molecule has 0 radical (unpaired) electrons. The first-order chi connectivity index (χ1) is 8.94. The Bertz CT molecular complexity index is 448.